The van der Waals surface area contributed by atoms with Crippen LogP contribution in [0, 0.1) is 6.92 Å². The van der Waals surface area contributed by atoms with Crippen molar-refractivity contribution in [3.05, 3.63) is 18.0 Å². The van der Waals surface area contributed by atoms with E-state index in [9.17, 15) is 8.42 Å². The Morgan fingerprint density at radius 1 is 1.53 bits per heavy atom. The van der Waals surface area contributed by atoms with Gasteiger partial charge in [0.1, 0.15) is 4.90 Å². The summed E-state index contributed by atoms with van der Waals surface area (Å²) in [6.07, 6.45) is 1.31. The van der Waals surface area contributed by atoms with Crippen LogP contribution >= 0.6 is 0 Å². The molecule has 2 rings (SSSR count). The molecule has 0 radical (unpaired) electrons. The van der Waals surface area contributed by atoms with Gasteiger partial charge in [-0.2, -0.15) is 5.10 Å². The number of hydrogen-bond donors (Lipinski definition) is 2. The number of sulfonamides is 1. The van der Waals surface area contributed by atoms with Crippen LogP contribution in [0.2, 0.25) is 0 Å². The van der Waals surface area contributed by atoms with Crippen molar-refractivity contribution in [2.24, 2.45) is 7.05 Å². The molecule has 0 amide bonds. The molecular weight excluding hydrogens is 246 g/mol. The van der Waals surface area contributed by atoms with Crippen LogP contribution < -0.4 is 10.5 Å². The molecule has 2 aromatic rings. The quantitative estimate of drug-likeness (QED) is 0.805. The number of aryl methyl sites for hydroxylation is 2. The van der Waals surface area contributed by atoms with E-state index in [2.05, 4.69) is 15.0 Å². The molecule has 9 heteroatoms. The van der Waals surface area contributed by atoms with Crippen LogP contribution in [0.3, 0.4) is 0 Å². The molecular formula is C8H11N5O3S. The van der Waals surface area contributed by atoms with Gasteiger partial charge in [0.2, 0.25) is 5.88 Å². The van der Waals surface area contributed by atoms with Crippen molar-refractivity contribution >= 4 is 21.7 Å². The Morgan fingerprint density at radius 3 is 2.71 bits per heavy atom. The molecule has 0 saturated carbocycles. The molecule has 0 saturated heterocycles. The number of nitrogens with two attached hydrogens (primary N) is 1. The van der Waals surface area contributed by atoms with Crippen molar-refractivity contribution in [2.45, 2.75) is 11.8 Å². The first kappa shape index (κ1) is 11.5. The van der Waals surface area contributed by atoms with Gasteiger partial charge >= 0.3 is 0 Å². The fraction of sp³-hybridized carbons (Fsp3) is 0.250. The Balaban J connectivity index is 2.34. The summed E-state index contributed by atoms with van der Waals surface area (Å²) in [7, 11) is -2.22. The van der Waals surface area contributed by atoms with E-state index in [4.69, 9.17) is 10.3 Å². The Bertz CT molecular complexity index is 642. The molecule has 0 aliphatic rings. The van der Waals surface area contributed by atoms with Gasteiger partial charge in [-0.1, -0.05) is 5.16 Å². The van der Waals surface area contributed by atoms with Crippen molar-refractivity contribution in [1.29, 1.82) is 0 Å². The van der Waals surface area contributed by atoms with E-state index in [0.717, 1.165) is 0 Å². The Hall–Kier alpha value is -2.03. The molecule has 0 bridgehead atoms. The molecule has 0 unspecified atom stereocenters. The van der Waals surface area contributed by atoms with Crippen LogP contribution in [0.15, 0.2) is 21.7 Å². The summed E-state index contributed by atoms with van der Waals surface area (Å²) >= 11 is 0. The predicted octanol–water partition coefficient (Wildman–Crippen LogP) is 0.0995. The van der Waals surface area contributed by atoms with E-state index in [0.29, 0.717) is 5.69 Å². The Kier molecular flexibility index (Phi) is 2.54. The summed E-state index contributed by atoms with van der Waals surface area (Å²) < 4.78 is 32.1. The van der Waals surface area contributed by atoms with Crippen LogP contribution in [0.5, 0.6) is 0 Å². The average Bonchev–Trinajstić information content (AvgIpc) is 2.72. The maximum atomic E-state index is 11.9. The van der Waals surface area contributed by atoms with E-state index in [-0.39, 0.29) is 16.6 Å². The second-order valence-corrected chi connectivity index (χ2v) is 5.14. The number of nitrogen functional groups attached to an aromatic ring is 1. The lowest BCUT2D eigenvalue weighted by molar-refractivity contribution is 0.430. The van der Waals surface area contributed by atoms with Crippen molar-refractivity contribution in [1.82, 2.24) is 14.9 Å². The predicted molar refractivity (Wildman–Crippen MR) is 59.7 cm³/mol. The molecule has 2 aromatic heterocycles. The molecule has 0 fully saturated rings. The number of rotatable bonds is 3. The summed E-state index contributed by atoms with van der Waals surface area (Å²) in [5, 5.41) is 7.32. The third-order valence-electron chi connectivity index (χ3n) is 1.97. The van der Waals surface area contributed by atoms with Crippen molar-refractivity contribution in [2.75, 3.05) is 10.5 Å². The average molecular weight is 257 g/mol. The van der Waals surface area contributed by atoms with Gasteiger partial charge in [-0.25, -0.2) is 13.1 Å². The largest absolute Gasteiger partial charge is 0.381 e. The fourth-order valence-corrected chi connectivity index (χ4v) is 2.37. The molecule has 0 aliphatic heterocycles. The summed E-state index contributed by atoms with van der Waals surface area (Å²) in [6.45, 7) is 1.68. The number of nitrogens with zero attached hydrogens (tertiary/aromatic N) is 3. The zero-order chi connectivity index (χ0) is 12.6. The third kappa shape index (κ3) is 2.23. The molecule has 3 N–H and O–H groups in total. The van der Waals surface area contributed by atoms with Gasteiger partial charge in [-0.3, -0.25) is 4.68 Å². The van der Waals surface area contributed by atoms with Crippen LogP contribution in [-0.4, -0.2) is 23.4 Å². The lowest BCUT2D eigenvalue weighted by Crippen LogP contribution is -2.13. The lowest BCUT2D eigenvalue weighted by Gasteiger charge is -2.01. The summed E-state index contributed by atoms with van der Waals surface area (Å²) in [6, 6.07) is 1.46. The topological polar surface area (TPSA) is 116 Å². The molecule has 92 valence electrons. The van der Waals surface area contributed by atoms with Gasteiger partial charge in [-0.05, 0) is 6.92 Å². The zero-order valence-corrected chi connectivity index (χ0v) is 10.0. The van der Waals surface area contributed by atoms with Crippen LogP contribution in [0.4, 0.5) is 11.7 Å². The monoisotopic (exact) mass is 257 g/mol. The highest BCUT2D eigenvalue weighted by atomic mass is 32.2. The molecule has 0 aliphatic carbocycles. The van der Waals surface area contributed by atoms with Gasteiger partial charge in [0.05, 0.1) is 5.69 Å². The molecule has 0 atom stereocenters. The second-order valence-electron chi connectivity index (χ2n) is 3.49. The van der Waals surface area contributed by atoms with Crippen molar-refractivity contribution < 1.29 is 12.9 Å². The first-order valence-corrected chi connectivity index (χ1v) is 6.12. The maximum Gasteiger partial charge on any atom is 0.269 e. The highest BCUT2D eigenvalue weighted by Gasteiger charge is 2.22. The minimum atomic E-state index is -3.80. The van der Waals surface area contributed by atoms with E-state index in [1.165, 1.54) is 16.9 Å². The minimum absolute atomic E-state index is 0.0331. The fourth-order valence-electron chi connectivity index (χ4n) is 1.29. The highest BCUT2D eigenvalue weighted by molar-refractivity contribution is 7.92. The third-order valence-corrected chi connectivity index (χ3v) is 3.34. The second kappa shape index (κ2) is 3.77. The molecule has 0 aromatic carbocycles. The molecule has 0 spiro atoms. The van der Waals surface area contributed by atoms with Crippen LogP contribution in [0.1, 0.15) is 5.69 Å². The number of hydrogen-bond acceptors (Lipinski definition) is 6. The molecule has 8 nitrogen and oxygen atoms in total. The number of nitrogens with one attached hydrogen (secondary N) is 1. The first-order chi connectivity index (χ1) is 7.88. The zero-order valence-electron chi connectivity index (χ0n) is 9.21. The number of aromatic nitrogens is 3. The summed E-state index contributed by atoms with van der Waals surface area (Å²) in [4.78, 5) is -0.103. The lowest BCUT2D eigenvalue weighted by atomic mass is 10.5. The van der Waals surface area contributed by atoms with Crippen LogP contribution in [0.25, 0.3) is 0 Å². The van der Waals surface area contributed by atoms with Gasteiger partial charge in [-0.15, -0.1) is 0 Å². The first-order valence-electron chi connectivity index (χ1n) is 4.64. The van der Waals surface area contributed by atoms with Gasteiger partial charge in [0, 0.05) is 19.3 Å². The van der Waals surface area contributed by atoms with Crippen molar-refractivity contribution in [3.63, 3.8) is 0 Å². The summed E-state index contributed by atoms with van der Waals surface area (Å²) in [5.74, 6) is -0.0398. The minimum Gasteiger partial charge on any atom is -0.381 e. The highest BCUT2D eigenvalue weighted by Crippen LogP contribution is 2.20. The number of anilines is 2. The van der Waals surface area contributed by atoms with Gasteiger partial charge < -0.3 is 10.3 Å². The maximum absolute atomic E-state index is 11.9. The van der Waals surface area contributed by atoms with E-state index >= 15 is 0 Å². The van der Waals surface area contributed by atoms with Crippen molar-refractivity contribution in [3.8, 4) is 0 Å². The molecule has 17 heavy (non-hydrogen) atoms. The Morgan fingerprint density at radius 2 is 2.24 bits per heavy atom. The summed E-state index contributed by atoms with van der Waals surface area (Å²) in [5.41, 5.74) is 6.06. The molecule has 2 heterocycles. The van der Waals surface area contributed by atoms with Gasteiger partial charge in [0.25, 0.3) is 10.0 Å². The van der Waals surface area contributed by atoms with E-state index in [1.54, 1.807) is 14.0 Å². The van der Waals surface area contributed by atoms with Gasteiger partial charge in [0.15, 0.2) is 5.82 Å². The van der Waals surface area contributed by atoms with E-state index < -0.39 is 10.0 Å². The van der Waals surface area contributed by atoms with E-state index in [1.807, 2.05) is 0 Å². The smallest absolute Gasteiger partial charge is 0.269 e. The normalized spacial score (nSPS) is 11.6. The Labute approximate surface area is 97.4 Å². The standard InChI is InChI=1S/C8H11N5O3S/c1-5-3-7(16-11-5)12-17(14,15)6-4-13(2)10-8(6)9/h3-4,12H,1-2H3,(H2,9,10). The van der Waals surface area contributed by atoms with Crippen LogP contribution in [-0.2, 0) is 17.1 Å². The SMILES string of the molecule is Cc1cc(NS(=O)(=O)c2cn(C)nc2N)on1.